The number of benzene rings is 2. The quantitative estimate of drug-likeness (QED) is 0.800. The molecule has 1 atom stereocenters. The van der Waals surface area contributed by atoms with Crippen molar-refractivity contribution in [2.24, 2.45) is 0 Å². The molecule has 2 aromatic carbocycles. The second kappa shape index (κ2) is 7.10. The van der Waals surface area contributed by atoms with Gasteiger partial charge in [-0.25, -0.2) is 0 Å². The number of hydrogen-bond donors (Lipinski definition) is 1. The van der Waals surface area contributed by atoms with Gasteiger partial charge in [0.15, 0.2) is 0 Å². The Morgan fingerprint density at radius 3 is 2.43 bits per heavy atom. The molecule has 0 saturated heterocycles. The van der Waals surface area contributed by atoms with Crippen LogP contribution in [0.5, 0.6) is 0 Å². The predicted octanol–water partition coefficient (Wildman–Crippen LogP) is 5.20. The molecule has 0 amide bonds. The zero-order valence-corrected chi connectivity index (χ0v) is 14.7. The number of aryl methyl sites for hydroxylation is 1. The van der Waals surface area contributed by atoms with Crippen LogP contribution in [0.25, 0.3) is 0 Å². The molecule has 0 saturated carbocycles. The average Bonchev–Trinajstić information content (AvgIpc) is 2.50. The molecule has 0 aliphatic heterocycles. The molecule has 2 rings (SSSR count). The Morgan fingerprint density at radius 2 is 1.86 bits per heavy atom. The zero-order valence-electron chi connectivity index (χ0n) is 13.2. The van der Waals surface area contributed by atoms with Gasteiger partial charge in [-0.3, -0.25) is 0 Å². The summed E-state index contributed by atoms with van der Waals surface area (Å²) in [5.41, 5.74) is 5.04. The van der Waals surface area contributed by atoms with E-state index in [-0.39, 0.29) is 0 Å². The molecule has 2 aromatic rings. The van der Waals surface area contributed by atoms with E-state index < -0.39 is 0 Å². The van der Waals surface area contributed by atoms with E-state index in [2.05, 4.69) is 89.4 Å². The molecule has 0 spiro atoms. The molecule has 1 unspecified atom stereocenters. The van der Waals surface area contributed by atoms with Gasteiger partial charge in [0.05, 0.1) is 5.69 Å². The zero-order chi connectivity index (χ0) is 15.4. The van der Waals surface area contributed by atoms with Gasteiger partial charge in [0.1, 0.15) is 0 Å². The highest BCUT2D eigenvalue weighted by atomic mass is 79.9. The SMILES string of the molecule is CCN(c1ccccc1C)c1ccc(C(C)NC)cc1Br. The minimum Gasteiger partial charge on any atom is -0.341 e. The van der Waals surface area contributed by atoms with Crippen LogP contribution < -0.4 is 10.2 Å². The molecular formula is C18H23BrN2. The molecular weight excluding hydrogens is 324 g/mol. The van der Waals surface area contributed by atoms with Crippen LogP contribution in [-0.2, 0) is 0 Å². The van der Waals surface area contributed by atoms with E-state index in [9.17, 15) is 0 Å². The van der Waals surface area contributed by atoms with E-state index in [0.29, 0.717) is 6.04 Å². The molecule has 21 heavy (non-hydrogen) atoms. The van der Waals surface area contributed by atoms with Crippen LogP contribution in [0.3, 0.4) is 0 Å². The first kappa shape index (κ1) is 16.1. The van der Waals surface area contributed by atoms with Crippen LogP contribution in [0.2, 0.25) is 0 Å². The summed E-state index contributed by atoms with van der Waals surface area (Å²) >= 11 is 3.74. The standard InChI is InChI=1S/C18H23BrN2/c1-5-21(17-9-7-6-8-13(17)2)18-11-10-15(12-16(18)19)14(3)20-4/h6-12,14,20H,5H2,1-4H3. The Labute approximate surface area is 136 Å². The number of nitrogens with one attached hydrogen (secondary N) is 1. The molecule has 0 aliphatic carbocycles. The van der Waals surface area contributed by atoms with Crippen molar-refractivity contribution in [1.29, 1.82) is 0 Å². The summed E-state index contributed by atoms with van der Waals surface area (Å²) in [5, 5.41) is 3.28. The highest BCUT2D eigenvalue weighted by Gasteiger charge is 2.14. The fraction of sp³-hybridized carbons (Fsp3) is 0.333. The number of hydrogen-bond acceptors (Lipinski definition) is 2. The van der Waals surface area contributed by atoms with E-state index in [0.717, 1.165) is 11.0 Å². The lowest BCUT2D eigenvalue weighted by atomic mass is 10.1. The lowest BCUT2D eigenvalue weighted by molar-refractivity contribution is 0.652. The Kier molecular flexibility index (Phi) is 5.43. The molecule has 0 heterocycles. The van der Waals surface area contributed by atoms with E-state index in [4.69, 9.17) is 0 Å². The van der Waals surface area contributed by atoms with Crippen LogP contribution in [0.1, 0.15) is 31.0 Å². The Bertz CT molecular complexity index is 610. The van der Waals surface area contributed by atoms with Crippen molar-refractivity contribution in [3.8, 4) is 0 Å². The maximum Gasteiger partial charge on any atom is 0.0555 e. The highest BCUT2D eigenvalue weighted by Crippen LogP contribution is 2.35. The molecule has 0 fully saturated rings. The summed E-state index contributed by atoms with van der Waals surface area (Å²) in [7, 11) is 1.98. The third-order valence-electron chi connectivity index (χ3n) is 3.92. The Balaban J connectivity index is 2.42. The summed E-state index contributed by atoms with van der Waals surface area (Å²) in [6.45, 7) is 7.44. The Morgan fingerprint density at radius 1 is 1.14 bits per heavy atom. The lowest BCUT2D eigenvalue weighted by Crippen LogP contribution is -2.18. The summed E-state index contributed by atoms with van der Waals surface area (Å²) in [6.07, 6.45) is 0. The van der Waals surface area contributed by atoms with Gasteiger partial charge in [-0.2, -0.15) is 0 Å². The summed E-state index contributed by atoms with van der Waals surface area (Å²) in [5.74, 6) is 0. The highest BCUT2D eigenvalue weighted by molar-refractivity contribution is 9.10. The number of para-hydroxylation sites is 1. The van der Waals surface area contributed by atoms with Gasteiger partial charge in [-0.15, -0.1) is 0 Å². The predicted molar refractivity (Wildman–Crippen MR) is 95.5 cm³/mol. The van der Waals surface area contributed by atoms with Crippen molar-refractivity contribution in [3.05, 3.63) is 58.1 Å². The van der Waals surface area contributed by atoms with Crippen molar-refractivity contribution >= 4 is 27.3 Å². The fourth-order valence-corrected chi connectivity index (χ4v) is 3.13. The summed E-state index contributed by atoms with van der Waals surface area (Å²) < 4.78 is 1.13. The maximum atomic E-state index is 3.74. The molecule has 112 valence electrons. The van der Waals surface area contributed by atoms with Gasteiger partial charge < -0.3 is 10.2 Å². The molecule has 0 radical (unpaired) electrons. The van der Waals surface area contributed by atoms with Crippen LogP contribution in [0, 0.1) is 6.92 Å². The van der Waals surface area contributed by atoms with Crippen LogP contribution in [0.4, 0.5) is 11.4 Å². The maximum absolute atomic E-state index is 3.74. The first-order chi connectivity index (χ1) is 10.1. The average molecular weight is 347 g/mol. The fourth-order valence-electron chi connectivity index (χ4n) is 2.51. The van der Waals surface area contributed by atoms with Gasteiger partial charge in [0, 0.05) is 22.7 Å². The number of nitrogens with zero attached hydrogens (tertiary/aromatic N) is 1. The van der Waals surface area contributed by atoms with Crippen LogP contribution in [-0.4, -0.2) is 13.6 Å². The molecule has 0 aromatic heterocycles. The molecule has 0 bridgehead atoms. The topological polar surface area (TPSA) is 15.3 Å². The first-order valence-corrected chi connectivity index (χ1v) is 8.17. The first-order valence-electron chi connectivity index (χ1n) is 7.38. The van der Waals surface area contributed by atoms with Gasteiger partial charge in [0.2, 0.25) is 0 Å². The lowest BCUT2D eigenvalue weighted by Gasteiger charge is -2.27. The van der Waals surface area contributed by atoms with Crippen LogP contribution in [0.15, 0.2) is 46.9 Å². The summed E-state index contributed by atoms with van der Waals surface area (Å²) in [6, 6.07) is 15.5. The van der Waals surface area contributed by atoms with Crippen molar-refractivity contribution in [2.75, 3.05) is 18.5 Å². The van der Waals surface area contributed by atoms with Crippen molar-refractivity contribution in [2.45, 2.75) is 26.8 Å². The summed E-state index contributed by atoms with van der Waals surface area (Å²) in [4.78, 5) is 2.34. The number of halogens is 1. The second-order valence-electron chi connectivity index (χ2n) is 5.25. The number of rotatable bonds is 5. The van der Waals surface area contributed by atoms with E-state index in [1.54, 1.807) is 0 Å². The van der Waals surface area contributed by atoms with E-state index >= 15 is 0 Å². The van der Waals surface area contributed by atoms with Gasteiger partial charge in [-0.1, -0.05) is 24.3 Å². The molecule has 3 heteroatoms. The third-order valence-corrected chi connectivity index (χ3v) is 4.55. The van der Waals surface area contributed by atoms with E-state index in [1.165, 1.54) is 22.5 Å². The van der Waals surface area contributed by atoms with E-state index in [1.807, 2.05) is 7.05 Å². The second-order valence-corrected chi connectivity index (χ2v) is 6.11. The van der Waals surface area contributed by atoms with Crippen LogP contribution >= 0.6 is 15.9 Å². The van der Waals surface area contributed by atoms with Gasteiger partial charge in [0.25, 0.3) is 0 Å². The normalized spacial score (nSPS) is 12.2. The monoisotopic (exact) mass is 346 g/mol. The Hall–Kier alpha value is -1.32. The smallest absolute Gasteiger partial charge is 0.0555 e. The van der Waals surface area contributed by atoms with Gasteiger partial charge >= 0.3 is 0 Å². The number of anilines is 2. The minimum absolute atomic E-state index is 0.351. The molecule has 0 aliphatic rings. The van der Waals surface area contributed by atoms with Crippen molar-refractivity contribution < 1.29 is 0 Å². The minimum atomic E-state index is 0.351. The third kappa shape index (κ3) is 3.47. The largest absolute Gasteiger partial charge is 0.341 e. The van der Waals surface area contributed by atoms with Crippen molar-refractivity contribution in [1.82, 2.24) is 5.32 Å². The van der Waals surface area contributed by atoms with Gasteiger partial charge in [-0.05, 0) is 73.1 Å². The van der Waals surface area contributed by atoms with Crippen molar-refractivity contribution in [3.63, 3.8) is 0 Å². The molecule has 1 N–H and O–H groups in total. The molecule has 2 nitrogen and oxygen atoms in total.